The summed E-state index contributed by atoms with van der Waals surface area (Å²) in [6, 6.07) is 2.03. The first-order valence-electron chi connectivity index (χ1n) is 11.2. The Morgan fingerprint density at radius 2 is 1.60 bits per heavy atom. The predicted octanol–water partition coefficient (Wildman–Crippen LogP) is -1.39. The van der Waals surface area contributed by atoms with Crippen LogP contribution in [0, 0.1) is 5.92 Å². The first-order valence-corrected chi connectivity index (χ1v) is 11.2. The van der Waals surface area contributed by atoms with Crippen LogP contribution in [0.4, 0.5) is 0 Å². The number of fused-ring (bicyclic) bond motifs is 1. The van der Waals surface area contributed by atoms with Crippen LogP contribution in [0.2, 0.25) is 0 Å². The van der Waals surface area contributed by atoms with E-state index < -0.39 is 60.6 Å². The summed E-state index contributed by atoms with van der Waals surface area (Å²) in [5.41, 5.74) is 7.24. The fraction of sp³-hybridized carbons (Fsp3) is 0.478. The van der Waals surface area contributed by atoms with Crippen molar-refractivity contribution in [2.45, 2.75) is 57.5 Å². The fourth-order valence-electron chi connectivity index (χ4n) is 3.41. The molecule has 35 heavy (non-hydrogen) atoms. The molecule has 12 nitrogen and oxygen atoms in total. The maximum absolute atomic E-state index is 12.7. The zero-order valence-electron chi connectivity index (χ0n) is 19.8. The predicted molar refractivity (Wildman–Crippen MR) is 127 cm³/mol. The quantitative estimate of drug-likeness (QED) is 0.177. The van der Waals surface area contributed by atoms with Crippen molar-refractivity contribution in [1.29, 1.82) is 0 Å². The summed E-state index contributed by atoms with van der Waals surface area (Å²) in [5, 5.41) is 36.9. The highest BCUT2D eigenvalue weighted by molar-refractivity contribution is 5.94. The number of aromatic nitrogens is 1. The van der Waals surface area contributed by atoms with Gasteiger partial charge in [0.15, 0.2) is 0 Å². The summed E-state index contributed by atoms with van der Waals surface area (Å²) in [7, 11) is 0. The number of para-hydroxylation sites is 1. The van der Waals surface area contributed by atoms with Gasteiger partial charge in [-0.1, -0.05) is 32.0 Å². The Bertz CT molecular complexity index is 1050. The summed E-state index contributed by atoms with van der Waals surface area (Å²) in [6.45, 7) is 3.84. The first-order chi connectivity index (χ1) is 16.5. The van der Waals surface area contributed by atoms with E-state index in [0.717, 1.165) is 10.9 Å². The maximum Gasteiger partial charge on any atom is 0.326 e. The molecule has 0 radical (unpaired) electrons. The fourth-order valence-corrected chi connectivity index (χ4v) is 3.41. The number of aliphatic carboxylic acids is 1. The second-order valence-electron chi connectivity index (χ2n) is 8.70. The van der Waals surface area contributed by atoms with E-state index in [1.807, 2.05) is 18.2 Å². The first kappa shape index (κ1) is 27.8. The number of carboxylic acids is 1. The second kappa shape index (κ2) is 12.3. The van der Waals surface area contributed by atoms with E-state index in [9.17, 15) is 34.5 Å². The average Bonchev–Trinajstić information content (AvgIpc) is 3.21. The molecule has 1 aromatic carbocycles. The van der Waals surface area contributed by atoms with E-state index in [1.54, 1.807) is 26.1 Å². The minimum Gasteiger partial charge on any atom is -0.480 e. The standard InChI is InChI=1S/C23H33N5O7/c1-11(2)18(24)21(32)28-19(12(3)30)22(33)27-17(10-29)20(31)26-16(23(34)35)8-13-9-25-15-7-5-4-6-14(13)15/h4-7,9,11-12,16-19,25,29-30H,8,10,24H2,1-3H3,(H,26,31)(H,27,33)(H,28,32)(H,34,35). The van der Waals surface area contributed by atoms with Crippen LogP contribution in [0.5, 0.6) is 0 Å². The number of aromatic amines is 1. The van der Waals surface area contributed by atoms with Crippen molar-refractivity contribution < 1.29 is 34.5 Å². The molecule has 3 amide bonds. The van der Waals surface area contributed by atoms with Gasteiger partial charge in [0.05, 0.1) is 18.8 Å². The van der Waals surface area contributed by atoms with Gasteiger partial charge in [-0.25, -0.2) is 4.79 Å². The van der Waals surface area contributed by atoms with Gasteiger partial charge >= 0.3 is 5.97 Å². The molecule has 0 saturated heterocycles. The number of aliphatic hydroxyl groups excluding tert-OH is 2. The number of carbonyl (C=O) groups excluding carboxylic acids is 3. The molecule has 192 valence electrons. The lowest BCUT2D eigenvalue weighted by Gasteiger charge is -2.26. The van der Waals surface area contributed by atoms with Crippen molar-refractivity contribution in [2.24, 2.45) is 11.7 Å². The summed E-state index contributed by atoms with van der Waals surface area (Å²) in [4.78, 5) is 52.4. The number of nitrogens with two attached hydrogens (primary N) is 1. The zero-order valence-corrected chi connectivity index (χ0v) is 19.8. The molecule has 5 atom stereocenters. The van der Waals surface area contributed by atoms with Crippen molar-refractivity contribution in [1.82, 2.24) is 20.9 Å². The Morgan fingerprint density at radius 3 is 2.17 bits per heavy atom. The molecule has 0 aliphatic rings. The molecule has 0 aliphatic heterocycles. The Hall–Kier alpha value is -3.48. The van der Waals surface area contributed by atoms with Crippen LogP contribution >= 0.6 is 0 Å². The molecule has 2 aromatic rings. The molecular weight excluding hydrogens is 458 g/mol. The lowest BCUT2D eigenvalue weighted by molar-refractivity contribution is -0.142. The van der Waals surface area contributed by atoms with Crippen molar-refractivity contribution >= 4 is 34.6 Å². The Labute approximate surface area is 202 Å². The van der Waals surface area contributed by atoms with Crippen LogP contribution in [0.1, 0.15) is 26.3 Å². The number of amides is 3. The van der Waals surface area contributed by atoms with Crippen molar-refractivity contribution in [2.75, 3.05) is 6.61 Å². The van der Waals surface area contributed by atoms with Gasteiger partial charge in [-0.3, -0.25) is 14.4 Å². The van der Waals surface area contributed by atoms with Crippen molar-refractivity contribution in [3.8, 4) is 0 Å². The van der Waals surface area contributed by atoms with Crippen molar-refractivity contribution in [3.63, 3.8) is 0 Å². The molecule has 0 fully saturated rings. The highest BCUT2D eigenvalue weighted by Gasteiger charge is 2.32. The molecule has 0 aliphatic carbocycles. The van der Waals surface area contributed by atoms with Crippen molar-refractivity contribution in [3.05, 3.63) is 36.0 Å². The second-order valence-corrected chi connectivity index (χ2v) is 8.70. The summed E-state index contributed by atoms with van der Waals surface area (Å²) < 4.78 is 0. The highest BCUT2D eigenvalue weighted by Crippen LogP contribution is 2.19. The molecule has 0 bridgehead atoms. The minimum atomic E-state index is -1.52. The smallest absolute Gasteiger partial charge is 0.326 e. The summed E-state index contributed by atoms with van der Waals surface area (Å²) in [6.07, 6.45) is 0.265. The Kier molecular flexibility index (Phi) is 9.75. The largest absolute Gasteiger partial charge is 0.480 e. The monoisotopic (exact) mass is 491 g/mol. The SMILES string of the molecule is CC(C)C(N)C(=O)NC(C(=O)NC(CO)C(=O)NC(Cc1c[nH]c2ccccc12)C(=O)O)C(C)O. The molecular formula is C23H33N5O7. The third kappa shape index (κ3) is 7.25. The number of carboxylic acid groups (broad SMARTS) is 1. The van der Waals surface area contributed by atoms with Gasteiger partial charge < -0.3 is 42.0 Å². The topological polar surface area (TPSA) is 207 Å². The summed E-state index contributed by atoms with van der Waals surface area (Å²) in [5.74, 6) is -4.09. The highest BCUT2D eigenvalue weighted by atomic mass is 16.4. The molecule has 1 aromatic heterocycles. The van der Waals surface area contributed by atoms with E-state index in [0.29, 0.717) is 5.56 Å². The number of H-pyrrole nitrogens is 1. The van der Waals surface area contributed by atoms with Crippen LogP contribution < -0.4 is 21.7 Å². The van der Waals surface area contributed by atoms with Gasteiger partial charge in [-0.05, 0) is 24.5 Å². The van der Waals surface area contributed by atoms with Gasteiger partial charge in [0, 0.05) is 23.5 Å². The normalized spacial score (nSPS) is 15.6. The van der Waals surface area contributed by atoms with Crippen LogP contribution in [-0.4, -0.2) is 80.9 Å². The van der Waals surface area contributed by atoms with Gasteiger partial charge in [0.1, 0.15) is 18.1 Å². The molecule has 9 N–H and O–H groups in total. The molecule has 12 heteroatoms. The number of benzene rings is 1. The average molecular weight is 492 g/mol. The number of rotatable bonds is 12. The molecule has 1 heterocycles. The number of hydrogen-bond acceptors (Lipinski definition) is 7. The number of aliphatic hydroxyl groups is 2. The van der Waals surface area contributed by atoms with Gasteiger partial charge in [0.2, 0.25) is 17.7 Å². The zero-order chi connectivity index (χ0) is 26.3. The lowest BCUT2D eigenvalue weighted by atomic mass is 10.0. The van der Waals surface area contributed by atoms with E-state index in [2.05, 4.69) is 20.9 Å². The van der Waals surface area contributed by atoms with Gasteiger partial charge in [-0.2, -0.15) is 0 Å². The lowest BCUT2D eigenvalue weighted by Crippen LogP contribution is -2.61. The maximum atomic E-state index is 12.7. The molecule has 2 rings (SSSR count). The number of nitrogens with one attached hydrogen (secondary N) is 4. The molecule has 0 saturated carbocycles. The number of carbonyl (C=O) groups is 4. The van der Waals surface area contributed by atoms with E-state index in [-0.39, 0.29) is 12.3 Å². The number of hydrogen-bond donors (Lipinski definition) is 8. The van der Waals surface area contributed by atoms with Crippen LogP contribution in [0.15, 0.2) is 30.5 Å². The van der Waals surface area contributed by atoms with Gasteiger partial charge in [0.25, 0.3) is 0 Å². The third-order valence-corrected chi connectivity index (χ3v) is 5.61. The third-order valence-electron chi connectivity index (χ3n) is 5.61. The Morgan fingerprint density at radius 1 is 0.971 bits per heavy atom. The molecule has 0 spiro atoms. The van der Waals surface area contributed by atoms with E-state index in [4.69, 9.17) is 5.73 Å². The Balaban J connectivity index is 2.09. The van der Waals surface area contributed by atoms with Crippen LogP contribution in [-0.2, 0) is 25.6 Å². The minimum absolute atomic E-state index is 0.0450. The molecule has 5 unspecified atom stereocenters. The van der Waals surface area contributed by atoms with E-state index in [1.165, 1.54) is 6.92 Å². The van der Waals surface area contributed by atoms with E-state index >= 15 is 0 Å². The van der Waals surface area contributed by atoms with Crippen LogP contribution in [0.3, 0.4) is 0 Å². The van der Waals surface area contributed by atoms with Crippen LogP contribution in [0.25, 0.3) is 10.9 Å². The summed E-state index contributed by atoms with van der Waals surface area (Å²) >= 11 is 0. The van der Waals surface area contributed by atoms with Gasteiger partial charge in [-0.15, -0.1) is 0 Å².